The lowest BCUT2D eigenvalue weighted by atomic mass is 10.1. The standard InChI is InChI=1S/C21H27FN4O2.HI/c1-4-27-20-11-16(9-10-24-20)12-25-21(23-3)26-13-15(2)28-19(14-26)17-5-7-18(22)8-6-17;/h5-11,15,19H,4,12-14H2,1-3H3,(H,23,25);1H. The van der Waals surface area contributed by atoms with E-state index >= 15 is 0 Å². The van der Waals surface area contributed by atoms with Crippen molar-refractivity contribution in [1.82, 2.24) is 15.2 Å². The third-order valence-corrected chi connectivity index (χ3v) is 4.56. The van der Waals surface area contributed by atoms with E-state index in [0.717, 1.165) is 23.6 Å². The summed E-state index contributed by atoms with van der Waals surface area (Å²) < 4.78 is 24.8. The molecule has 29 heavy (non-hydrogen) atoms. The summed E-state index contributed by atoms with van der Waals surface area (Å²) in [5.41, 5.74) is 2.03. The first-order chi connectivity index (χ1) is 13.6. The van der Waals surface area contributed by atoms with Crippen LogP contribution in [0.15, 0.2) is 47.6 Å². The Hall–Kier alpha value is -1.94. The Morgan fingerprint density at radius 1 is 1.31 bits per heavy atom. The van der Waals surface area contributed by atoms with Crippen LogP contribution in [-0.4, -0.2) is 48.7 Å². The van der Waals surface area contributed by atoms with Crippen LogP contribution >= 0.6 is 24.0 Å². The minimum absolute atomic E-state index is 0. The van der Waals surface area contributed by atoms with Crippen molar-refractivity contribution in [3.05, 3.63) is 59.5 Å². The first kappa shape index (κ1) is 23.3. The zero-order chi connectivity index (χ0) is 19.9. The fourth-order valence-electron chi connectivity index (χ4n) is 3.29. The SMILES string of the molecule is CCOc1cc(CNC(=NC)N2CC(C)OC(c3ccc(F)cc3)C2)ccn1.I. The second-order valence-electron chi connectivity index (χ2n) is 6.73. The summed E-state index contributed by atoms with van der Waals surface area (Å²) in [6, 6.07) is 10.4. The first-order valence-electron chi connectivity index (χ1n) is 9.53. The van der Waals surface area contributed by atoms with Gasteiger partial charge in [0.1, 0.15) is 11.9 Å². The lowest BCUT2D eigenvalue weighted by molar-refractivity contribution is -0.0605. The van der Waals surface area contributed by atoms with Crippen LogP contribution in [0.1, 0.15) is 31.1 Å². The summed E-state index contributed by atoms with van der Waals surface area (Å²) in [5, 5.41) is 3.40. The van der Waals surface area contributed by atoms with E-state index in [1.807, 2.05) is 26.0 Å². The molecule has 1 saturated heterocycles. The molecule has 1 N–H and O–H groups in total. The van der Waals surface area contributed by atoms with E-state index in [-0.39, 0.29) is 42.0 Å². The molecule has 3 rings (SSSR count). The molecule has 2 heterocycles. The number of aromatic nitrogens is 1. The van der Waals surface area contributed by atoms with Gasteiger partial charge in [-0.15, -0.1) is 24.0 Å². The van der Waals surface area contributed by atoms with Crippen molar-refractivity contribution < 1.29 is 13.9 Å². The number of hydrogen-bond acceptors (Lipinski definition) is 4. The van der Waals surface area contributed by atoms with E-state index in [1.54, 1.807) is 25.4 Å². The number of ether oxygens (including phenoxy) is 2. The van der Waals surface area contributed by atoms with Crippen LogP contribution < -0.4 is 10.1 Å². The molecule has 2 atom stereocenters. The van der Waals surface area contributed by atoms with Crippen molar-refractivity contribution >= 4 is 29.9 Å². The lowest BCUT2D eigenvalue weighted by Gasteiger charge is -2.38. The topological polar surface area (TPSA) is 59.0 Å². The predicted molar refractivity (Wildman–Crippen MR) is 122 cm³/mol. The van der Waals surface area contributed by atoms with Crippen LogP contribution in [0.4, 0.5) is 4.39 Å². The van der Waals surface area contributed by atoms with Gasteiger partial charge < -0.3 is 19.7 Å². The normalized spacial score (nSPS) is 19.4. The van der Waals surface area contributed by atoms with Crippen molar-refractivity contribution in [2.75, 3.05) is 26.7 Å². The number of benzene rings is 1. The largest absolute Gasteiger partial charge is 0.478 e. The average molecular weight is 514 g/mol. The Balaban J connectivity index is 0.00000300. The maximum atomic E-state index is 13.2. The molecule has 0 radical (unpaired) electrons. The molecule has 8 heteroatoms. The van der Waals surface area contributed by atoms with Crippen molar-refractivity contribution in [2.45, 2.75) is 32.6 Å². The van der Waals surface area contributed by atoms with Crippen molar-refractivity contribution in [1.29, 1.82) is 0 Å². The minimum atomic E-state index is -0.245. The molecule has 1 aromatic carbocycles. The number of aliphatic imine (C=N–C) groups is 1. The van der Waals surface area contributed by atoms with Crippen LogP contribution in [0.3, 0.4) is 0 Å². The number of hydrogen-bond donors (Lipinski definition) is 1. The van der Waals surface area contributed by atoms with Gasteiger partial charge in [0.15, 0.2) is 5.96 Å². The van der Waals surface area contributed by atoms with Crippen LogP contribution in [0.25, 0.3) is 0 Å². The van der Waals surface area contributed by atoms with E-state index in [4.69, 9.17) is 9.47 Å². The molecule has 0 aliphatic carbocycles. The molecule has 0 saturated carbocycles. The van der Waals surface area contributed by atoms with E-state index in [2.05, 4.69) is 20.2 Å². The quantitative estimate of drug-likeness (QED) is 0.374. The van der Waals surface area contributed by atoms with Crippen molar-refractivity contribution in [2.24, 2.45) is 4.99 Å². The maximum absolute atomic E-state index is 13.2. The van der Waals surface area contributed by atoms with Crippen LogP contribution in [0.5, 0.6) is 5.88 Å². The third-order valence-electron chi connectivity index (χ3n) is 4.56. The molecule has 158 valence electrons. The van der Waals surface area contributed by atoms with Gasteiger partial charge in [0.2, 0.25) is 5.88 Å². The number of halogens is 2. The highest BCUT2D eigenvalue weighted by atomic mass is 127. The molecule has 1 aromatic heterocycles. The number of pyridine rings is 1. The smallest absolute Gasteiger partial charge is 0.213 e. The van der Waals surface area contributed by atoms with Crippen molar-refractivity contribution in [3.8, 4) is 5.88 Å². The van der Waals surface area contributed by atoms with Gasteiger partial charge in [0.25, 0.3) is 0 Å². The van der Waals surface area contributed by atoms with E-state index in [1.165, 1.54) is 12.1 Å². The van der Waals surface area contributed by atoms with Gasteiger partial charge in [-0.2, -0.15) is 0 Å². The van der Waals surface area contributed by atoms with Crippen molar-refractivity contribution in [3.63, 3.8) is 0 Å². The second-order valence-corrected chi connectivity index (χ2v) is 6.73. The fraction of sp³-hybridized carbons (Fsp3) is 0.429. The zero-order valence-corrected chi connectivity index (χ0v) is 19.3. The molecule has 6 nitrogen and oxygen atoms in total. The van der Waals surface area contributed by atoms with E-state index < -0.39 is 0 Å². The minimum Gasteiger partial charge on any atom is -0.478 e. The Kier molecular flexibility index (Phi) is 9.09. The Morgan fingerprint density at radius 2 is 2.07 bits per heavy atom. The molecular formula is C21H28FIN4O2. The maximum Gasteiger partial charge on any atom is 0.213 e. The number of rotatable bonds is 5. The molecule has 1 aliphatic heterocycles. The molecule has 0 amide bonds. The fourth-order valence-corrected chi connectivity index (χ4v) is 3.29. The summed E-state index contributed by atoms with van der Waals surface area (Å²) in [6.45, 7) is 6.55. The molecule has 0 bridgehead atoms. The first-order valence-corrected chi connectivity index (χ1v) is 9.53. The Bertz CT molecular complexity index is 804. The van der Waals surface area contributed by atoms with Gasteiger partial charge in [-0.05, 0) is 43.2 Å². The van der Waals surface area contributed by atoms with Crippen LogP contribution in [-0.2, 0) is 11.3 Å². The highest BCUT2D eigenvalue weighted by molar-refractivity contribution is 14.0. The molecule has 2 aromatic rings. The highest BCUT2D eigenvalue weighted by Gasteiger charge is 2.28. The molecule has 1 aliphatic rings. The Morgan fingerprint density at radius 3 is 2.76 bits per heavy atom. The van der Waals surface area contributed by atoms with Crippen LogP contribution in [0, 0.1) is 5.82 Å². The van der Waals surface area contributed by atoms with Gasteiger partial charge in [-0.25, -0.2) is 9.37 Å². The summed E-state index contributed by atoms with van der Waals surface area (Å²) in [4.78, 5) is 10.8. The second kappa shape index (κ2) is 11.3. The number of guanidine groups is 1. The number of nitrogens with one attached hydrogen (secondary N) is 1. The van der Waals surface area contributed by atoms with Gasteiger partial charge >= 0.3 is 0 Å². The van der Waals surface area contributed by atoms with E-state index in [9.17, 15) is 4.39 Å². The zero-order valence-electron chi connectivity index (χ0n) is 17.0. The number of nitrogens with zero attached hydrogens (tertiary/aromatic N) is 3. The average Bonchev–Trinajstić information content (AvgIpc) is 2.69. The highest BCUT2D eigenvalue weighted by Crippen LogP contribution is 2.25. The van der Waals surface area contributed by atoms with Crippen LogP contribution in [0.2, 0.25) is 0 Å². The summed E-state index contributed by atoms with van der Waals surface area (Å²) in [5.74, 6) is 1.18. The lowest BCUT2D eigenvalue weighted by Crippen LogP contribution is -2.50. The summed E-state index contributed by atoms with van der Waals surface area (Å²) in [7, 11) is 1.77. The predicted octanol–water partition coefficient (Wildman–Crippen LogP) is 3.77. The summed E-state index contributed by atoms with van der Waals surface area (Å²) in [6.07, 6.45) is 1.65. The summed E-state index contributed by atoms with van der Waals surface area (Å²) >= 11 is 0. The molecule has 1 fully saturated rings. The third kappa shape index (κ3) is 6.53. The van der Waals surface area contributed by atoms with Gasteiger partial charge in [-0.1, -0.05) is 12.1 Å². The van der Waals surface area contributed by atoms with Gasteiger partial charge in [-0.3, -0.25) is 4.99 Å². The Labute approximate surface area is 188 Å². The van der Waals surface area contributed by atoms with Gasteiger partial charge in [0.05, 0.1) is 19.3 Å². The molecule has 2 unspecified atom stereocenters. The molecule has 0 spiro atoms. The molecular weight excluding hydrogens is 486 g/mol. The monoisotopic (exact) mass is 514 g/mol. The van der Waals surface area contributed by atoms with Gasteiger partial charge in [0, 0.05) is 32.4 Å². The number of morpholine rings is 1. The van der Waals surface area contributed by atoms with E-state index in [0.29, 0.717) is 25.6 Å².